The van der Waals surface area contributed by atoms with Crippen LogP contribution in [-0.2, 0) is 0 Å². The third-order valence-electron chi connectivity index (χ3n) is 10.0. The minimum atomic E-state index is 0.706. The minimum Gasteiger partial charge on any atom is -0.247 e. The van der Waals surface area contributed by atoms with Crippen LogP contribution in [0, 0.1) is 0 Å². The monoisotopic (exact) mass is 661 g/mol. The van der Waals surface area contributed by atoms with Gasteiger partial charge in [0.15, 0.2) is 5.82 Å². The van der Waals surface area contributed by atoms with Crippen molar-refractivity contribution in [1.29, 1.82) is 0 Å². The zero-order valence-electron chi connectivity index (χ0n) is 28.2. The van der Waals surface area contributed by atoms with Gasteiger partial charge in [0.25, 0.3) is 0 Å². The van der Waals surface area contributed by atoms with Gasteiger partial charge < -0.3 is 0 Å². The highest BCUT2D eigenvalue weighted by atomic mass is 14.9. The number of para-hydroxylation sites is 1. The SMILES string of the molecule is c1ccc(-c2nc3ccccc3c3c(-c4ccc(-c5cc(-c6ccc7ccccc7c6)nc(-c6ccc7ccccc7c6)n5)cc4)cccc23)cc1. The summed E-state index contributed by atoms with van der Waals surface area (Å²) in [6.45, 7) is 0. The van der Waals surface area contributed by atoms with E-state index >= 15 is 0 Å². The second-order valence-electron chi connectivity index (χ2n) is 13.2. The van der Waals surface area contributed by atoms with Gasteiger partial charge in [-0.05, 0) is 56.9 Å². The first-order valence-electron chi connectivity index (χ1n) is 17.6. The number of nitrogens with zero attached hydrogens (tertiary/aromatic N) is 3. The van der Waals surface area contributed by atoms with Gasteiger partial charge in [-0.3, -0.25) is 0 Å². The largest absolute Gasteiger partial charge is 0.247 e. The highest BCUT2D eigenvalue weighted by Crippen LogP contribution is 2.39. The Balaban J connectivity index is 1.12. The number of rotatable bonds is 5. The first-order chi connectivity index (χ1) is 25.7. The highest BCUT2D eigenvalue weighted by molar-refractivity contribution is 6.17. The summed E-state index contributed by atoms with van der Waals surface area (Å²) in [6, 6.07) is 66.3. The number of pyridine rings is 1. The van der Waals surface area contributed by atoms with Gasteiger partial charge in [0, 0.05) is 38.4 Å². The Labute approximate surface area is 301 Å². The maximum absolute atomic E-state index is 5.19. The Kier molecular flexibility index (Phi) is 7.14. The van der Waals surface area contributed by atoms with Crippen molar-refractivity contribution < 1.29 is 0 Å². The van der Waals surface area contributed by atoms with Gasteiger partial charge in [0.1, 0.15) is 0 Å². The van der Waals surface area contributed by atoms with E-state index in [1.807, 2.05) is 6.07 Å². The van der Waals surface area contributed by atoms with Crippen LogP contribution in [0.25, 0.3) is 99.5 Å². The molecule has 0 aliphatic carbocycles. The molecule has 2 aromatic heterocycles. The predicted octanol–water partition coefficient (Wildman–Crippen LogP) is 12.8. The molecule has 8 aromatic carbocycles. The first kappa shape index (κ1) is 29.9. The topological polar surface area (TPSA) is 38.7 Å². The van der Waals surface area contributed by atoms with Crippen LogP contribution in [-0.4, -0.2) is 15.0 Å². The van der Waals surface area contributed by atoms with Crippen molar-refractivity contribution in [3.8, 4) is 56.3 Å². The van der Waals surface area contributed by atoms with Crippen LogP contribution in [0.15, 0.2) is 188 Å². The number of hydrogen-bond acceptors (Lipinski definition) is 3. The summed E-state index contributed by atoms with van der Waals surface area (Å²) in [5, 5.41) is 8.25. The van der Waals surface area contributed by atoms with E-state index in [0.717, 1.165) is 61.2 Å². The summed E-state index contributed by atoms with van der Waals surface area (Å²) in [6.07, 6.45) is 0. The van der Waals surface area contributed by atoms with Crippen LogP contribution in [0.4, 0.5) is 0 Å². The van der Waals surface area contributed by atoms with Crippen LogP contribution in [0.3, 0.4) is 0 Å². The van der Waals surface area contributed by atoms with Gasteiger partial charge in [0.05, 0.1) is 22.6 Å². The third-order valence-corrected chi connectivity index (χ3v) is 10.0. The van der Waals surface area contributed by atoms with Gasteiger partial charge in [-0.1, -0.05) is 164 Å². The lowest BCUT2D eigenvalue weighted by Gasteiger charge is -2.15. The van der Waals surface area contributed by atoms with Gasteiger partial charge in [0.2, 0.25) is 0 Å². The van der Waals surface area contributed by atoms with E-state index < -0.39 is 0 Å². The Morgan fingerprint density at radius 3 is 1.62 bits per heavy atom. The summed E-state index contributed by atoms with van der Waals surface area (Å²) in [5.74, 6) is 0.706. The van der Waals surface area contributed by atoms with E-state index in [1.54, 1.807) is 0 Å². The molecule has 0 unspecified atom stereocenters. The molecule has 0 bridgehead atoms. The molecule has 3 heteroatoms. The smallest absolute Gasteiger partial charge is 0.160 e. The fourth-order valence-corrected chi connectivity index (χ4v) is 7.43. The molecule has 2 heterocycles. The third kappa shape index (κ3) is 5.28. The normalized spacial score (nSPS) is 11.5. The summed E-state index contributed by atoms with van der Waals surface area (Å²) in [5.41, 5.74) is 10.3. The van der Waals surface area contributed by atoms with E-state index in [9.17, 15) is 0 Å². The molecular formula is C49H31N3. The Bertz CT molecular complexity index is 2850. The zero-order chi connectivity index (χ0) is 34.4. The summed E-state index contributed by atoms with van der Waals surface area (Å²) in [7, 11) is 0. The minimum absolute atomic E-state index is 0.706. The van der Waals surface area contributed by atoms with Crippen molar-refractivity contribution in [3.63, 3.8) is 0 Å². The van der Waals surface area contributed by atoms with Crippen molar-refractivity contribution >= 4 is 43.2 Å². The van der Waals surface area contributed by atoms with E-state index in [0.29, 0.717) is 5.82 Å². The molecule has 52 heavy (non-hydrogen) atoms. The lowest BCUT2D eigenvalue weighted by atomic mass is 9.92. The molecule has 0 radical (unpaired) electrons. The van der Waals surface area contributed by atoms with E-state index in [-0.39, 0.29) is 0 Å². The Hall–Kier alpha value is -6.97. The lowest BCUT2D eigenvalue weighted by Crippen LogP contribution is -1.96. The number of benzene rings is 8. The van der Waals surface area contributed by atoms with Crippen molar-refractivity contribution in [1.82, 2.24) is 15.0 Å². The maximum Gasteiger partial charge on any atom is 0.160 e. The lowest BCUT2D eigenvalue weighted by molar-refractivity contribution is 1.18. The standard InChI is InChI=1S/C49H31N3/c1-2-13-36(14-3-1)48-43-19-10-18-41(47(43)42-17-8-9-20-44(42)50-48)34-23-25-35(26-24-34)45-31-46(39-27-21-32-11-4-6-15-37(32)29-39)52-49(51-45)40-28-22-33-12-5-7-16-38(33)30-40/h1-31H. The molecule has 0 saturated carbocycles. The van der Waals surface area contributed by atoms with E-state index in [1.165, 1.54) is 32.5 Å². The zero-order valence-corrected chi connectivity index (χ0v) is 28.2. The maximum atomic E-state index is 5.19. The highest BCUT2D eigenvalue weighted by Gasteiger charge is 2.16. The summed E-state index contributed by atoms with van der Waals surface area (Å²) in [4.78, 5) is 15.5. The summed E-state index contributed by atoms with van der Waals surface area (Å²) < 4.78 is 0. The van der Waals surface area contributed by atoms with Crippen molar-refractivity contribution in [2.45, 2.75) is 0 Å². The van der Waals surface area contributed by atoms with Crippen LogP contribution in [0.5, 0.6) is 0 Å². The molecule has 0 saturated heterocycles. The van der Waals surface area contributed by atoms with Gasteiger partial charge >= 0.3 is 0 Å². The second kappa shape index (κ2) is 12.4. The first-order valence-corrected chi connectivity index (χ1v) is 17.6. The molecule has 0 spiro atoms. The van der Waals surface area contributed by atoms with Crippen LogP contribution < -0.4 is 0 Å². The van der Waals surface area contributed by atoms with E-state index in [2.05, 4.69) is 182 Å². The molecular weight excluding hydrogens is 631 g/mol. The second-order valence-corrected chi connectivity index (χ2v) is 13.2. The molecule has 0 fully saturated rings. The van der Waals surface area contributed by atoms with Crippen molar-refractivity contribution in [2.75, 3.05) is 0 Å². The summed E-state index contributed by atoms with van der Waals surface area (Å²) >= 11 is 0. The molecule has 10 rings (SSSR count). The molecule has 0 amide bonds. The molecule has 3 nitrogen and oxygen atoms in total. The molecule has 0 atom stereocenters. The molecule has 0 aliphatic heterocycles. The van der Waals surface area contributed by atoms with Crippen molar-refractivity contribution in [3.05, 3.63) is 188 Å². The van der Waals surface area contributed by atoms with Crippen LogP contribution in [0.2, 0.25) is 0 Å². The number of aromatic nitrogens is 3. The van der Waals surface area contributed by atoms with E-state index in [4.69, 9.17) is 15.0 Å². The average Bonchev–Trinajstić information content (AvgIpc) is 3.23. The van der Waals surface area contributed by atoms with Crippen molar-refractivity contribution in [2.24, 2.45) is 0 Å². The quantitative estimate of drug-likeness (QED) is 0.172. The Morgan fingerprint density at radius 2 is 0.865 bits per heavy atom. The van der Waals surface area contributed by atoms with Crippen LogP contribution in [0.1, 0.15) is 0 Å². The molecule has 0 N–H and O–H groups in total. The average molecular weight is 662 g/mol. The fraction of sp³-hybridized carbons (Fsp3) is 0. The molecule has 242 valence electrons. The number of hydrogen-bond donors (Lipinski definition) is 0. The van der Waals surface area contributed by atoms with Gasteiger partial charge in [-0.2, -0.15) is 0 Å². The van der Waals surface area contributed by atoms with Gasteiger partial charge in [-0.25, -0.2) is 15.0 Å². The molecule has 10 aromatic rings. The Morgan fingerprint density at radius 1 is 0.308 bits per heavy atom. The van der Waals surface area contributed by atoms with Gasteiger partial charge in [-0.15, -0.1) is 0 Å². The molecule has 0 aliphatic rings. The van der Waals surface area contributed by atoms with Crippen LogP contribution >= 0.6 is 0 Å². The predicted molar refractivity (Wildman–Crippen MR) is 217 cm³/mol. The number of fused-ring (bicyclic) bond motifs is 5. The fourth-order valence-electron chi connectivity index (χ4n) is 7.43.